The highest BCUT2D eigenvalue weighted by molar-refractivity contribution is 6.11. The highest BCUT2D eigenvalue weighted by atomic mass is 16.6. The monoisotopic (exact) mass is 508 g/mol. The standard InChI is InChI=1S/C26H32N6O5/c1-3-36-25(34)18(2)31-13-11-30(12-14-31)16-22-17-32(26(35)37-22)21-8-6-19(7-9-21)23(27)29-24(33)20-5-4-10-28-15-20/h4-10,15,18,22H,3,11-14,16-17H2,1-2H3,(H2,27,29,33). The SMILES string of the molecule is CCOC(=O)C(C)N1CCN(CC2CN(c3ccc(C(=N)NC(=O)c4cccnc4)cc3)C(=O)O2)CC1. The topological polar surface area (TPSA) is 128 Å². The number of aromatic nitrogens is 1. The van der Waals surface area contributed by atoms with Crippen molar-refractivity contribution in [2.24, 2.45) is 0 Å². The van der Waals surface area contributed by atoms with Gasteiger partial charge >= 0.3 is 12.1 Å². The molecule has 196 valence electrons. The van der Waals surface area contributed by atoms with Crippen LogP contribution in [0.4, 0.5) is 10.5 Å². The third-order valence-electron chi connectivity index (χ3n) is 6.55. The van der Waals surface area contributed by atoms with Gasteiger partial charge in [0.1, 0.15) is 18.0 Å². The van der Waals surface area contributed by atoms with Crippen molar-refractivity contribution >= 4 is 29.5 Å². The van der Waals surface area contributed by atoms with Crippen LogP contribution in [0.1, 0.15) is 29.8 Å². The van der Waals surface area contributed by atoms with E-state index < -0.39 is 12.0 Å². The number of cyclic esters (lactones) is 1. The molecule has 37 heavy (non-hydrogen) atoms. The van der Waals surface area contributed by atoms with Crippen molar-refractivity contribution in [2.75, 3.05) is 50.8 Å². The van der Waals surface area contributed by atoms with Gasteiger partial charge in [0.15, 0.2) is 0 Å². The van der Waals surface area contributed by atoms with Crippen LogP contribution < -0.4 is 10.2 Å². The Kier molecular flexibility index (Phi) is 8.47. The quantitative estimate of drug-likeness (QED) is 0.314. The molecule has 11 nitrogen and oxygen atoms in total. The maximum absolute atomic E-state index is 12.5. The molecule has 0 aliphatic carbocycles. The van der Waals surface area contributed by atoms with Crippen LogP contribution >= 0.6 is 0 Å². The molecular weight excluding hydrogens is 476 g/mol. The zero-order valence-electron chi connectivity index (χ0n) is 21.1. The minimum atomic E-state index is -0.413. The summed E-state index contributed by atoms with van der Waals surface area (Å²) in [5.74, 6) is -0.656. The molecule has 2 aliphatic heterocycles. The summed E-state index contributed by atoms with van der Waals surface area (Å²) in [6.45, 7) is 8.13. The summed E-state index contributed by atoms with van der Waals surface area (Å²) in [6, 6.07) is 9.85. The molecule has 3 heterocycles. The minimum absolute atomic E-state index is 0.0429. The summed E-state index contributed by atoms with van der Waals surface area (Å²) in [5.41, 5.74) is 1.54. The lowest BCUT2D eigenvalue weighted by molar-refractivity contribution is -0.149. The Labute approximate surface area is 215 Å². The summed E-state index contributed by atoms with van der Waals surface area (Å²) >= 11 is 0. The van der Waals surface area contributed by atoms with Gasteiger partial charge in [0.25, 0.3) is 5.91 Å². The van der Waals surface area contributed by atoms with E-state index in [4.69, 9.17) is 14.9 Å². The van der Waals surface area contributed by atoms with Gasteiger partial charge in [-0.2, -0.15) is 0 Å². The summed E-state index contributed by atoms with van der Waals surface area (Å²) in [7, 11) is 0. The predicted molar refractivity (Wildman–Crippen MR) is 137 cm³/mol. The number of nitrogens with zero attached hydrogens (tertiary/aromatic N) is 4. The number of benzene rings is 1. The molecule has 4 rings (SSSR count). The molecule has 2 aromatic rings. The normalized spacial score (nSPS) is 19.2. The number of ether oxygens (including phenoxy) is 2. The first-order valence-electron chi connectivity index (χ1n) is 12.4. The van der Waals surface area contributed by atoms with E-state index in [1.807, 2.05) is 6.92 Å². The second-order valence-electron chi connectivity index (χ2n) is 9.00. The van der Waals surface area contributed by atoms with E-state index >= 15 is 0 Å². The van der Waals surface area contributed by atoms with Gasteiger partial charge in [-0.25, -0.2) is 4.79 Å². The molecule has 0 spiro atoms. The van der Waals surface area contributed by atoms with E-state index in [0.717, 1.165) is 26.2 Å². The molecule has 11 heteroatoms. The Bertz CT molecular complexity index is 1120. The second-order valence-corrected chi connectivity index (χ2v) is 9.00. The first-order valence-corrected chi connectivity index (χ1v) is 12.4. The molecular formula is C26H32N6O5. The van der Waals surface area contributed by atoms with Gasteiger partial charge in [-0.05, 0) is 50.2 Å². The van der Waals surface area contributed by atoms with E-state index in [9.17, 15) is 14.4 Å². The second kappa shape index (κ2) is 11.9. The molecule has 1 aromatic carbocycles. The third kappa shape index (κ3) is 6.49. The Morgan fingerprint density at radius 1 is 1.16 bits per heavy atom. The van der Waals surface area contributed by atoms with E-state index in [-0.39, 0.29) is 24.0 Å². The van der Waals surface area contributed by atoms with Gasteiger partial charge in [-0.1, -0.05) is 0 Å². The lowest BCUT2D eigenvalue weighted by atomic mass is 10.1. The number of amides is 2. The number of anilines is 1. The van der Waals surface area contributed by atoms with Crippen molar-refractivity contribution in [3.05, 3.63) is 59.9 Å². The van der Waals surface area contributed by atoms with Gasteiger partial charge in [0, 0.05) is 56.4 Å². The van der Waals surface area contributed by atoms with Gasteiger partial charge in [0.2, 0.25) is 0 Å². The Morgan fingerprint density at radius 3 is 2.54 bits per heavy atom. The van der Waals surface area contributed by atoms with E-state index in [0.29, 0.717) is 36.5 Å². The van der Waals surface area contributed by atoms with Crippen LogP contribution in [0.25, 0.3) is 0 Å². The number of rotatable bonds is 8. The smallest absolute Gasteiger partial charge is 0.414 e. The molecule has 2 aliphatic rings. The zero-order valence-corrected chi connectivity index (χ0v) is 21.1. The first-order chi connectivity index (χ1) is 17.9. The summed E-state index contributed by atoms with van der Waals surface area (Å²) in [5, 5.41) is 10.7. The minimum Gasteiger partial charge on any atom is -0.465 e. The van der Waals surface area contributed by atoms with Crippen LogP contribution in [0.3, 0.4) is 0 Å². The largest absolute Gasteiger partial charge is 0.465 e. The van der Waals surface area contributed by atoms with Gasteiger partial charge < -0.3 is 14.8 Å². The summed E-state index contributed by atoms with van der Waals surface area (Å²) < 4.78 is 10.7. The molecule has 0 radical (unpaired) electrons. The van der Waals surface area contributed by atoms with Crippen molar-refractivity contribution in [3.8, 4) is 0 Å². The maximum Gasteiger partial charge on any atom is 0.414 e. The highest BCUT2D eigenvalue weighted by Crippen LogP contribution is 2.23. The fourth-order valence-corrected chi connectivity index (χ4v) is 4.42. The van der Waals surface area contributed by atoms with Crippen LogP contribution in [-0.4, -0.2) is 96.6 Å². The molecule has 0 bridgehead atoms. The Hall–Kier alpha value is -3.83. The van der Waals surface area contributed by atoms with Crippen LogP contribution in [-0.2, 0) is 14.3 Å². The number of amidine groups is 1. The number of hydrogen-bond donors (Lipinski definition) is 2. The molecule has 2 unspecified atom stereocenters. The number of hydrogen-bond acceptors (Lipinski definition) is 9. The number of piperazine rings is 1. The fourth-order valence-electron chi connectivity index (χ4n) is 4.42. The lowest BCUT2D eigenvalue weighted by Gasteiger charge is -2.37. The number of carbonyl (C=O) groups is 3. The van der Waals surface area contributed by atoms with Gasteiger partial charge in [0.05, 0.1) is 18.7 Å². The first kappa shape index (κ1) is 26.2. The highest BCUT2D eigenvalue weighted by Gasteiger charge is 2.35. The number of nitrogens with one attached hydrogen (secondary N) is 2. The Balaban J connectivity index is 1.27. The van der Waals surface area contributed by atoms with Crippen LogP contribution in [0.2, 0.25) is 0 Å². The van der Waals surface area contributed by atoms with Crippen LogP contribution in [0.15, 0.2) is 48.8 Å². The van der Waals surface area contributed by atoms with Crippen LogP contribution in [0, 0.1) is 5.41 Å². The van der Waals surface area contributed by atoms with Crippen molar-refractivity contribution in [3.63, 3.8) is 0 Å². The third-order valence-corrected chi connectivity index (χ3v) is 6.55. The van der Waals surface area contributed by atoms with E-state index in [1.54, 1.807) is 54.4 Å². The predicted octanol–water partition coefficient (Wildman–Crippen LogP) is 1.73. The molecule has 2 N–H and O–H groups in total. The lowest BCUT2D eigenvalue weighted by Crippen LogP contribution is -2.53. The average molecular weight is 509 g/mol. The Morgan fingerprint density at radius 2 is 1.89 bits per heavy atom. The summed E-state index contributed by atoms with van der Waals surface area (Å²) in [6.07, 6.45) is 2.33. The fraction of sp³-hybridized carbons (Fsp3) is 0.423. The van der Waals surface area contributed by atoms with E-state index in [2.05, 4.69) is 20.1 Å². The number of carbonyl (C=O) groups excluding carboxylic acids is 3. The van der Waals surface area contributed by atoms with Crippen LogP contribution in [0.5, 0.6) is 0 Å². The molecule has 2 saturated heterocycles. The maximum atomic E-state index is 12.5. The molecule has 1 aromatic heterocycles. The molecule has 2 amide bonds. The average Bonchev–Trinajstić information content (AvgIpc) is 3.29. The summed E-state index contributed by atoms with van der Waals surface area (Å²) in [4.78, 5) is 46.7. The molecule has 0 saturated carbocycles. The molecule has 2 fully saturated rings. The van der Waals surface area contributed by atoms with Crippen molar-refractivity contribution in [1.82, 2.24) is 20.1 Å². The number of esters is 1. The van der Waals surface area contributed by atoms with Crippen molar-refractivity contribution in [2.45, 2.75) is 26.0 Å². The zero-order chi connectivity index (χ0) is 26.4. The van der Waals surface area contributed by atoms with Gasteiger partial charge in [-0.3, -0.25) is 34.7 Å². The van der Waals surface area contributed by atoms with Crippen molar-refractivity contribution < 1.29 is 23.9 Å². The molecule has 2 atom stereocenters. The number of pyridine rings is 1. The van der Waals surface area contributed by atoms with Crippen molar-refractivity contribution in [1.29, 1.82) is 5.41 Å². The van der Waals surface area contributed by atoms with E-state index in [1.165, 1.54) is 6.20 Å². The van der Waals surface area contributed by atoms with Gasteiger partial charge in [-0.15, -0.1) is 0 Å².